The standard InChI is InChI=1S/C75H80B5N5O10/c1-51(2)41-56-11-21-61(22-12-56)76-81-36-31-67-72(46-81)92-78(87-67,63-25-15-58(16-26-63)43-53(5)6)83-38-33-69-74(48-83)94-80(89-69,65-29-19-60(20-30-65)45-55(9)10)85-40-35-70-75(50-85)95-79(90-70,64-27-17-59(18-28-64)44-54(7)8)84-39-34-68-73(49-84)93-77(88-68,62-23-13-57(14-24-62)42-52(3)4)82-37-32-66(86-76)71(47-82)91-76/h11-40,46-55H,41-45H2,1-10H3. The lowest BCUT2D eigenvalue weighted by molar-refractivity contribution is -0.571. The number of rotatable bonds is 15. The van der Waals surface area contributed by atoms with Gasteiger partial charge in [-0.3, -0.25) is 0 Å². The van der Waals surface area contributed by atoms with Crippen molar-refractivity contribution in [2.75, 3.05) is 0 Å². The zero-order valence-corrected chi connectivity index (χ0v) is 55.8. The molecule has 10 aromatic rings. The normalized spacial score (nSPS) is 21.8. The molecule has 0 N–H and O–H groups in total. The highest BCUT2D eigenvalue weighted by atomic mass is 16.7. The third-order valence-electron chi connectivity index (χ3n) is 19.6. The van der Waals surface area contributed by atoms with E-state index in [9.17, 15) is 0 Å². The highest BCUT2D eigenvalue weighted by Crippen LogP contribution is 2.43. The van der Waals surface area contributed by atoms with E-state index in [1.165, 1.54) is 27.8 Å². The molecule has 0 radical (unpaired) electrons. The molecule has 95 heavy (non-hydrogen) atoms. The molecule has 16 rings (SSSR count). The van der Waals surface area contributed by atoms with Crippen LogP contribution in [0.2, 0.25) is 0 Å². The van der Waals surface area contributed by atoms with Crippen molar-refractivity contribution >= 4 is 60.7 Å². The van der Waals surface area contributed by atoms with E-state index < -0.39 is 33.4 Å². The van der Waals surface area contributed by atoms with Crippen molar-refractivity contribution in [3.8, 4) is 57.5 Å². The Bertz CT molecular complexity index is 3950. The molecule has 5 atom stereocenters. The maximum atomic E-state index is 7.49. The van der Waals surface area contributed by atoms with Gasteiger partial charge in [-0.1, -0.05) is 191 Å². The van der Waals surface area contributed by atoms with E-state index in [1.54, 1.807) is 0 Å². The first kappa shape index (κ1) is 60.1. The van der Waals surface area contributed by atoms with E-state index in [4.69, 9.17) is 46.5 Å². The van der Waals surface area contributed by atoms with Gasteiger partial charge in [-0.25, -0.2) is 0 Å². The molecule has 0 saturated heterocycles. The number of fused-ring (bicyclic) bond motifs is 15. The zero-order chi connectivity index (χ0) is 65.2. The molecule has 0 aliphatic carbocycles. The zero-order valence-electron chi connectivity index (χ0n) is 55.8. The Morgan fingerprint density at radius 1 is 0.211 bits per heavy atom. The highest BCUT2D eigenvalue weighted by molar-refractivity contribution is 6.78. The van der Waals surface area contributed by atoms with Crippen LogP contribution < -0.4 is 96.2 Å². The molecule has 6 aliphatic heterocycles. The molecule has 480 valence electrons. The van der Waals surface area contributed by atoms with Gasteiger partial charge >= 0.3 is 33.4 Å². The lowest BCUT2D eigenvalue weighted by Gasteiger charge is -2.30. The number of nitrogens with zero attached hydrogens (tertiary/aromatic N) is 5. The number of benzene rings is 5. The van der Waals surface area contributed by atoms with Crippen LogP contribution in [-0.2, 0) is 32.1 Å². The van der Waals surface area contributed by atoms with Crippen molar-refractivity contribution in [3.05, 3.63) is 241 Å². The summed E-state index contributed by atoms with van der Waals surface area (Å²) in [6.07, 6.45) is 24.0. The van der Waals surface area contributed by atoms with Crippen molar-refractivity contribution in [1.29, 1.82) is 0 Å². The van der Waals surface area contributed by atoms with Crippen molar-refractivity contribution in [1.82, 2.24) is 0 Å². The van der Waals surface area contributed by atoms with E-state index >= 15 is 0 Å². The topological polar surface area (TPSA) is 112 Å². The minimum Gasteiger partial charge on any atom is -0.616 e. The molecule has 11 heterocycles. The minimum atomic E-state index is -2.59. The van der Waals surface area contributed by atoms with Gasteiger partial charge in [0.1, 0.15) is 59.7 Å². The summed E-state index contributed by atoms with van der Waals surface area (Å²) in [4.78, 5) is 0. The Morgan fingerprint density at radius 2 is 0.358 bits per heavy atom. The van der Waals surface area contributed by atoms with E-state index in [0.29, 0.717) is 87.1 Å². The second kappa shape index (κ2) is 22.7. The van der Waals surface area contributed by atoms with Gasteiger partial charge in [0.05, 0.1) is 0 Å². The molecule has 15 nitrogen and oxygen atoms in total. The fourth-order valence-corrected chi connectivity index (χ4v) is 15.2. The Kier molecular flexibility index (Phi) is 14.4. The van der Waals surface area contributed by atoms with E-state index in [-0.39, 0.29) is 0 Å². The number of hydrogen-bond acceptors (Lipinski definition) is 10. The van der Waals surface area contributed by atoms with Gasteiger partial charge in [0, 0.05) is 30.3 Å². The van der Waals surface area contributed by atoms with Gasteiger partial charge in [-0.15, -0.1) is 0 Å². The van der Waals surface area contributed by atoms with Crippen molar-refractivity contribution in [2.24, 2.45) is 29.6 Å². The molecule has 0 saturated carbocycles. The molecule has 0 spiro atoms. The Hall–Kier alpha value is -9.83. The first-order valence-electron chi connectivity index (χ1n) is 34.2. The van der Waals surface area contributed by atoms with Gasteiger partial charge in [0.2, 0.25) is 0 Å². The van der Waals surface area contributed by atoms with Gasteiger partial charge in [-0.2, -0.15) is 0 Å². The fraction of sp³-hybridized carbons (Fsp3) is 0.267. The summed E-state index contributed by atoms with van der Waals surface area (Å²) >= 11 is 0. The molecular weight excluding hydrogens is 1180 g/mol. The monoisotopic (exact) mass is 1270 g/mol. The van der Waals surface area contributed by atoms with Crippen molar-refractivity contribution in [2.45, 2.75) is 101 Å². The lowest BCUT2D eigenvalue weighted by Crippen LogP contribution is -2.78. The van der Waals surface area contributed by atoms with Crippen LogP contribution in [0.1, 0.15) is 97.1 Å². The van der Waals surface area contributed by atoms with Crippen LogP contribution in [0.15, 0.2) is 214 Å². The molecule has 6 aliphatic rings. The summed E-state index contributed by atoms with van der Waals surface area (Å²) < 4.78 is 84.1. The van der Waals surface area contributed by atoms with Gasteiger partial charge < -0.3 is 68.9 Å². The fourth-order valence-electron chi connectivity index (χ4n) is 15.2. The molecule has 5 unspecified atom stereocenters. The minimum absolute atomic E-state index is 0.457. The summed E-state index contributed by atoms with van der Waals surface area (Å²) in [5.41, 5.74) is 10.1. The maximum Gasteiger partial charge on any atom is 0.684 e. The summed E-state index contributed by atoms with van der Waals surface area (Å²) in [5.74, 6) is 7.37. The first-order valence-corrected chi connectivity index (χ1v) is 34.2. The molecule has 20 heteroatoms. The Morgan fingerprint density at radius 3 is 0.505 bits per heavy atom. The van der Waals surface area contributed by atoms with Crippen molar-refractivity contribution in [3.63, 3.8) is 0 Å². The predicted molar refractivity (Wildman–Crippen MR) is 368 cm³/mol. The summed E-state index contributed by atoms with van der Waals surface area (Å²) in [6, 6.07) is 52.5. The van der Waals surface area contributed by atoms with Crippen LogP contribution >= 0.6 is 0 Å². The quantitative estimate of drug-likeness (QED) is 0.0932. The molecular formula is C75H80B5N5O10. The average molecular weight is 1270 g/mol. The summed E-state index contributed by atoms with van der Waals surface area (Å²) in [7, 11) is 0. The van der Waals surface area contributed by atoms with Crippen LogP contribution in [0, 0.1) is 29.6 Å². The second-order valence-electron chi connectivity index (χ2n) is 29.3. The molecule has 0 fully saturated rings. The van der Waals surface area contributed by atoms with Crippen LogP contribution in [-0.4, -0.2) is 33.4 Å². The van der Waals surface area contributed by atoms with E-state index in [0.717, 1.165) is 59.4 Å². The Balaban J connectivity index is 0.909. The number of pyridine rings is 5. The summed E-state index contributed by atoms with van der Waals surface area (Å²) in [6.45, 7) is 9.36. The van der Waals surface area contributed by atoms with Crippen LogP contribution in [0.5, 0.6) is 57.5 Å². The van der Waals surface area contributed by atoms with Gasteiger partial charge in [-0.05, 0) is 117 Å². The van der Waals surface area contributed by atoms with E-state index in [1.807, 2.05) is 115 Å². The Labute approximate surface area is 556 Å². The van der Waals surface area contributed by atoms with E-state index in [2.05, 4.69) is 191 Å². The second-order valence-corrected chi connectivity index (χ2v) is 29.3. The summed E-state index contributed by atoms with van der Waals surface area (Å²) in [5, 5.41) is 0. The van der Waals surface area contributed by atoms with Crippen LogP contribution in [0.3, 0.4) is 0 Å². The third-order valence-corrected chi connectivity index (χ3v) is 19.6. The molecule has 5 aromatic heterocycles. The van der Waals surface area contributed by atoms with Crippen molar-refractivity contribution < 1.29 is 68.9 Å². The van der Waals surface area contributed by atoms with Gasteiger partial charge in [0.25, 0.3) is 0 Å². The molecule has 0 amide bonds. The first-order chi connectivity index (χ1) is 45.9. The third kappa shape index (κ3) is 10.3. The average Bonchev–Trinajstić information content (AvgIpc) is 1.57. The number of aromatic nitrogens is 5. The molecule has 5 aromatic carbocycles. The molecule has 15 bridgehead atoms. The smallest absolute Gasteiger partial charge is 0.616 e. The van der Waals surface area contributed by atoms with Gasteiger partial charge in [0.15, 0.2) is 59.7 Å². The number of hydrogen-bond donors (Lipinski definition) is 0. The van der Waals surface area contributed by atoms with Crippen LogP contribution in [0.25, 0.3) is 0 Å². The maximum absolute atomic E-state index is 7.49. The highest BCUT2D eigenvalue weighted by Gasteiger charge is 2.61. The SMILES string of the molecule is CC(C)Cc1ccc([B-]23Oc4cc[n+](cc4O2)[B-]2(c4ccc(CC(C)C)cc4)Oc4cc[n+](cc4O2)[B-]2(c4ccc(CC(C)C)cc4)Oc4cc[n+](cc4O2)[B-]2(c4ccc(CC(C)C)cc4)Oc4cc[n+](cc4O2)[B-]2(c4ccc(CC(C)C)cc4)Oc4cc[n+]3cc4O2)cc1. The largest absolute Gasteiger partial charge is 0.684 e. The van der Waals surface area contributed by atoms with Crippen LogP contribution in [0.4, 0.5) is 0 Å². The lowest BCUT2D eigenvalue weighted by atomic mass is 9.62. The predicted octanol–water partition coefficient (Wildman–Crippen LogP) is 8.26.